The second-order valence-electron chi connectivity index (χ2n) is 2.78. The fourth-order valence-corrected chi connectivity index (χ4v) is 3.86. The summed E-state index contributed by atoms with van der Waals surface area (Å²) in [5, 5.41) is 0.636. The van der Waals surface area contributed by atoms with Gasteiger partial charge >= 0.3 is 0 Å². The molecule has 0 aromatic carbocycles. The Hall–Kier alpha value is -0.620. The molecule has 6 heteroatoms. The van der Waals surface area contributed by atoms with Crippen molar-refractivity contribution in [2.75, 3.05) is 5.75 Å². The van der Waals surface area contributed by atoms with Crippen LogP contribution in [0.3, 0.4) is 0 Å². The summed E-state index contributed by atoms with van der Waals surface area (Å²) in [7, 11) is -7.00. The lowest BCUT2D eigenvalue weighted by molar-refractivity contribution is 0.580. The van der Waals surface area contributed by atoms with Gasteiger partial charge < -0.3 is 0 Å². The molecule has 0 bridgehead atoms. The van der Waals surface area contributed by atoms with Gasteiger partial charge in [-0.1, -0.05) is 20.1 Å². The van der Waals surface area contributed by atoms with Gasteiger partial charge in [0.25, 0.3) is 0 Å². The van der Waals surface area contributed by atoms with Crippen LogP contribution in [0.25, 0.3) is 0 Å². The zero-order valence-electron chi connectivity index (χ0n) is 8.01. The van der Waals surface area contributed by atoms with Crippen LogP contribution < -0.4 is 0 Å². The molecule has 0 saturated heterocycles. The first kappa shape index (κ1) is 13.4. The van der Waals surface area contributed by atoms with Crippen LogP contribution in [0.5, 0.6) is 0 Å². The van der Waals surface area contributed by atoms with Crippen LogP contribution >= 0.6 is 0 Å². The maximum Gasteiger partial charge on any atom is 0.174 e. The van der Waals surface area contributed by atoms with Crippen molar-refractivity contribution in [1.29, 1.82) is 0 Å². The molecule has 0 radical (unpaired) electrons. The summed E-state index contributed by atoms with van der Waals surface area (Å²) in [4.78, 5) is 0. The third-order valence-corrected chi connectivity index (χ3v) is 5.30. The summed E-state index contributed by atoms with van der Waals surface area (Å²) in [6.45, 7) is 7.88. The lowest BCUT2D eigenvalue weighted by atomic mass is 10.4. The summed E-state index contributed by atoms with van der Waals surface area (Å²) in [5.41, 5.74) is 0. The van der Waals surface area contributed by atoms with Crippen molar-refractivity contribution in [3.05, 3.63) is 24.0 Å². The molecule has 0 aromatic rings. The van der Waals surface area contributed by atoms with Gasteiger partial charge in [-0.15, -0.1) is 0 Å². The Kier molecular flexibility index (Phi) is 4.54. The fourth-order valence-electron chi connectivity index (χ4n) is 0.908. The Morgan fingerprint density at radius 3 is 1.93 bits per heavy atom. The number of hydrogen-bond donors (Lipinski definition) is 0. The molecule has 0 N–H and O–H groups in total. The number of rotatable bonds is 6. The number of sulfone groups is 2. The lowest BCUT2D eigenvalue weighted by Gasteiger charge is -2.11. The molecule has 0 fully saturated rings. The van der Waals surface area contributed by atoms with E-state index in [-0.39, 0.29) is 6.42 Å². The highest BCUT2D eigenvalue weighted by Crippen LogP contribution is 2.11. The molecule has 0 rings (SSSR count). The van der Waals surface area contributed by atoms with Crippen molar-refractivity contribution >= 4 is 19.7 Å². The van der Waals surface area contributed by atoms with Gasteiger partial charge in [0.1, 0.15) is 0 Å². The van der Waals surface area contributed by atoms with Crippen LogP contribution in [-0.4, -0.2) is 27.8 Å². The topological polar surface area (TPSA) is 68.3 Å². The van der Waals surface area contributed by atoms with E-state index in [1.807, 2.05) is 0 Å². The largest absolute Gasteiger partial charge is 0.224 e. The predicted octanol–water partition coefficient (Wildman–Crippen LogP) is 0.882. The fraction of sp³-hybridized carbons (Fsp3) is 0.500. The molecule has 0 aromatic heterocycles. The zero-order chi connectivity index (χ0) is 11.4. The average Bonchev–Trinajstić information content (AvgIpc) is 2.14. The summed E-state index contributed by atoms with van der Waals surface area (Å²) in [6.07, 6.45) is 0.238. The van der Waals surface area contributed by atoms with E-state index in [1.165, 1.54) is 0 Å². The molecular weight excluding hydrogens is 224 g/mol. The maximum absolute atomic E-state index is 11.3. The van der Waals surface area contributed by atoms with Gasteiger partial charge in [-0.2, -0.15) is 0 Å². The summed E-state index contributed by atoms with van der Waals surface area (Å²) >= 11 is 0. The van der Waals surface area contributed by atoms with E-state index in [0.717, 1.165) is 10.8 Å². The van der Waals surface area contributed by atoms with Crippen molar-refractivity contribution in [3.8, 4) is 0 Å². The second kappa shape index (κ2) is 4.75. The molecule has 0 aliphatic carbocycles. The smallest absolute Gasteiger partial charge is 0.174 e. The van der Waals surface area contributed by atoms with Gasteiger partial charge in [0.15, 0.2) is 19.7 Å². The summed E-state index contributed by atoms with van der Waals surface area (Å²) in [6, 6.07) is 0. The van der Waals surface area contributed by atoms with Gasteiger partial charge in [-0.25, -0.2) is 16.8 Å². The molecule has 0 amide bonds. The third-order valence-electron chi connectivity index (χ3n) is 1.82. The molecule has 0 aliphatic rings. The van der Waals surface area contributed by atoms with E-state index >= 15 is 0 Å². The van der Waals surface area contributed by atoms with Crippen molar-refractivity contribution in [1.82, 2.24) is 0 Å². The van der Waals surface area contributed by atoms with Gasteiger partial charge in [-0.05, 0) is 6.42 Å². The molecule has 1 atom stereocenters. The van der Waals surface area contributed by atoms with E-state index in [2.05, 4.69) is 13.2 Å². The van der Waals surface area contributed by atoms with Crippen LogP contribution in [0.1, 0.15) is 13.3 Å². The van der Waals surface area contributed by atoms with E-state index < -0.39 is 30.7 Å². The standard InChI is InChI=1S/C8H14O4S2/c1-4-8(14(11,12)6-3)7-13(9,10)5-2/h5-6,8H,2-4,7H2,1H3/t8-/m1/s1. The first-order valence-electron chi connectivity index (χ1n) is 4.00. The molecule has 0 heterocycles. The average molecular weight is 238 g/mol. The Morgan fingerprint density at radius 2 is 1.64 bits per heavy atom. The molecule has 82 valence electrons. The minimum Gasteiger partial charge on any atom is -0.224 e. The molecule has 0 spiro atoms. The van der Waals surface area contributed by atoms with Crippen LogP contribution in [-0.2, 0) is 19.7 Å². The number of hydrogen-bond acceptors (Lipinski definition) is 4. The Labute approximate surface area is 85.2 Å². The SMILES string of the molecule is C=CS(=O)(=O)C[C@@H](CC)S(=O)(=O)C=C. The van der Waals surface area contributed by atoms with Gasteiger partial charge in [-0.3, -0.25) is 0 Å². The van der Waals surface area contributed by atoms with Crippen molar-refractivity contribution in [2.24, 2.45) is 0 Å². The monoisotopic (exact) mass is 238 g/mol. The third kappa shape index (κ3) is 3.63. The maximum atomic E-state index is 11.3. The van der Waals surface area contributed by atoms with Crippen molar-refractivity contribution in [3.63, 3.8) is 0 Å². The first-order chi connectivity index (χ1) is 6.29. The van der Waals surface area contributed by atoms with Crippen LogP contribution in [0, 0.1) is 0 Å². The molecule has 14 heavy (non-hydrogen) atoms. The minimum atomic E-state index is -3.52. The molecule has 0 unspecified atom stereocenters. The van der Waals surface area contributed by atoms with Crippen LogP contribution in [0.4, 0.5) is 0 Å². The summed E-state index contributed by atoms with van der Waals surface area (Å²) in [5.74, 6) is -0.429. The highest BCUT2D eigenvalue weighted by molar-refractivity contribution is 7.98. The predicted molar refractivity (Wildman–Crippen MR) is 57.2 cm³/mol. The second-order valence-corrected chi connectivity index (χ2v) is 6.95. The van der Waals surface area contributed by atoms with E-state index in [1.54, 1.807) is 6.92 Å². The van der Waals surface area contributed by atoms with Gasteiger partial charge in [0.05, 0.1) is 11.0 Å². The van der Waals surface area contributed by atoms with E-state index in [0.29, 0.717) is 0 Å². The Balaban J connectivity index is 4.98. The lowest BCUT2D eigenvalue weighted by Crippen LogP contribution is -2.26. The molecule has 4 nitrogen and oxygen atoms in total. The van der Waals surface area contributed by atoms with Crippen LogP contribution in [0.2, 0.25) is 0 Å². The van der Waals surface area contributed by atoms with Gasteiger partial charge in [0, 0.05) is 10.8 Å². The normalized spacial score (nSPS) is 14.6. The molecule has 0 saturated carbocycles. The first-order valence-corrected chi connectivity index (χ1v) is 7.33. The Morgan fingerprint density at radius 1 is 1.14 bits per heavy atom. The summed E-state index contributed by atoms with van der Waals surface area (Å²) < 4.78 is 44.8. The van der Waals surface area contributed by atoms with E-state index in [4.69, 9.17) is 0 Å². The molecule has 0 aliphatic heterocycles. The van der Waals surface area contributed by atoms with Gasteiger partial charge in [0.2, 0.25) is 0 Å². The zero-order valence-corrected chi connectivity index (χ0v) is 9.64. The highest BCUT2D eigenvalue weighted by Gasteiger charge is 2.25. The van der Waals surface area contributed by atoms with Crippen molar-refractivity contribution in [2.45, 2.75) is 18.6 Å². The minimum absolute atomic E-state index is 0.238. The van der Waals surface area contributed by atoms with E-state index in [9.17, 15) is 16.8 Å². The molecular formula is C8H14O4S2. The van der Waals surface area contributed by atoms with Crippen LogP contribution in [0.15, 0.2) is 24.0 Å². The Bertz CT molecular complexity index is 403. The highest BCUT2D eigenvalue weighted by atomic mass is 32.2. The quantitative estimate of drug-likeness (QED) is 0.689. The van der Waals surface area contributed by atoms with Crippen molar-refractivity contribution < 1.29 is 16.8 Å².